The summed E-state index contributed by atoms with van der Waals surface area (Å²) in [7, 11) is 1.48. The molecule has 16 heavy (non-hydrogen) atoms. The molecule has 3 nitrogen and oxygen atoms in total. The van der Waals surface area contributed by atoms with E-state index in [1.165, 1.54) is 14.0 Å². The Bertz CT molecular complexity index is 414. The Morgan fingerprint density at radius 1 is 1.31 bits per heavy atom. The molecular weight excluding hydrogens is 204 g/mol. The molecule has 1 rings (SSSR count). The second-order valence-electron chi connectivity index (χ2n) is 4.88. The zero-order valence-corrected chi connectivity index (χ0v) is 10.4. The summed E-state index contributed by atoms with van der Waals surface area (Å²) >= 11 is 0. The maximum absolute atomic E-state index is 11.4. The van der Waals surface area contributed by atoms with Crippen LogP contribution in [0.15, 0.2) is 12.1 Å². The van der Waals surface area contributed by atoms with E-state index in [2.05, 4.69) is 0 Å². The number of aromatic hydroxyl groups is 1. The molecule has 0 fully saturated rings. The Kier molecular flexibility index (Phi) is 3.27. The normalized spacial score (nSPS) is 11.3. The average molecular weight is 222 g/mol. The van der Waals surface area contributed by atoms with Crippen LogP contribution in [0.5, 0.6) is 11.5 Å². The van der Waals surface area contributed by atoms with Crippen molar-refractivity contribution in [3.63, 3.8) is 0 Å². The molecule has 1 N–H and O–H groups in total. The standard InChI is InChI=1S/C13H18O3/c1-8(14)9-6-10(13(2,3)4)12(15)11(7-9)16-5/h6-7,15H,1-5H3. The molecule has 88 valence electrons. The second-order valence-corrected chi connectivity index (χ2v) is 4.88. The Balaban J connectivity index is 3.48. The fraction of sp³-hybridized carbons (Fsp3) is 0.462. The number of carbonyl (C=O) groups is 1. The van der Waals surface area contributed by atoms with E-state index >= 15 is 0 Å². The van der Waals surface area contributed by atoms with Crippen molar-refractivity contribution in [2.75, 3.05) is 7.11 Å². The maximum Gasteiger partial charge on any atom is 0.161 e. The van der Waals surface area contributed by atoms with E-state index in [0.29, 0.717) is 11.3 Å². The summed E-state index contributed by atoms with van der Waals surface area (Å²) in [5.74, 6) is 0.418. The molecule has 0 aliphatic heterocycles. The molecule has 3 heteroatoms. The highest BCUT2D eigenvalue weighted by Gasteiger charge is 2.22. The van der Waals surface area contributed by atoms with Crippen molar-refractivity contribution in [1.82, 2.24) is 0 Å². The smallest absolute Gasteiger partial charge is 0.161 e. The van der Waals surface area contributed by atoms with Gasteiger partial charge >= 0.3 is 0 Å². The number of ketones is 1. The molecule has 0 aromatic heterocycles. The number of hydrogen-bond acceptors (Lipinski definition) is 3. The third-order valence-corrected chi connectivity index (χ3v) is 2.51. The molecule has 0 amide bonds. The van der Waals surface area contributed by atoms with Crippen molar-refractivity contribution in [3.05, 3.63) is 23.3 Å². The molecule has 1 aromatic carbocycles. The predicted octanol–water partition coefficient (Wildman–Crippen LogP) is 2.90. The number of carbonyl (C=O) groups excluding carboxylic acids is 1. The molecule has 0 atom stereocenters. The molecule has 0 heterocycles. The van der Waals surface area contributed by atoms with Gasteiger partial charge < -0.3 is 9.84 Å². The second kappa shape index (κ2) is 4.16. The summed E-state index contributed by atoms with van der Waals surface area (Å²) in [6, 6.07) is 3.28. The van der Waals surface area contributed by atoms with E-state index < -0.39 is 0 Å². The van der Waals surface area contributed by atoms with Crippen LogP contribution >= 0.6 is 0 Å². The molecule has 0 saturated carbocycles. The third kappa shape index (κ3) is 2.35. The quantitative estimate of drug-likeness (QED) is 0.782. The summed E-state index contributed by atoms with van der Waals surface area (Å²) in [5.41, 5.74) is 1.04. The van der Waals surface area contributed by atoms with Gasteiger partial charge in [-0.1, -0.05) is 20.8 Å². The molecular formula is C13H18O3. The number of hydrogen-bond donors (Lipinski definition) is 1. The van der Waals surface area contributed by atoms with Crippen molar-refractivity contribution in [2.24, 2.45) is 0 Å². The van der Waals surface area contributed by atoms with Gasteiger partial charge in [0, 0.05) is 11.1 Å². The van der Waals surface area contributed by atoms with Crippen LogP contribution in [0.2, 0.25) is 0 Å². The van der Waals surface area contributed by atoms with E-state index in [0.717, 1.165) is 5.56 Å². The van der Waals surface area contributed by atoms with Crippen molar-refractivity contribution in [3.8, 4) is 11.5 Å². The van der Waals surface area contributed by atoms with Gasteiger partial charge in [-0.2, -0.15) is 0 Å². The summed E-state index contributed by atoms with van der Waals surface area (Å²) < 4.78 is 5.07. The van der Waals surface area contributed by atoms with E-state index in [-0.39, 0.29) is 16.9 Å². The summed E-state index contributed by atoms with van der Waals surface area (Å²) in [6.07, 6.45) is 0. The maximum atomic E-state index is 11.4. The van der Waals surface area contributed by atoms with Crippen LogP contribution in [-0.2, 0) is 5.41 Å². The van der Waals surface area contributed by atoms with Gasteiger partial charge in [-0.05, 0) is 24.5 Å². The minimum absolute atomic E-state index is 0.0381. The van der Waals surface area contributed by atoms with E-state index in [4.69, 9.17) is 4.74 Å². The van der Waals surface area contributed by atoms with Gasteiger partial charge in [0.25, 0.3) is 0 Å². The van der Waals surface area contributed by atoms with E-state index in [1.807, 2.05) is 20.8 Å². The first kappa shape index (κ1) is 12.6. The van der Waals surface area contributed by atoms with Gasteiger partial charge in [-0.25, -0.2) is 0 Å². The summed E-state index contributed by atoms with van der Waals surface area (Å²) in [6.45, 7) is 7.43. The fourth-order valence-corrected chi connectivity index (χ4v) is 1.54. The highest BCUT2D eigenvalue weighted by Crippen LogP contribution is 2.38. The van der Waals surface area contributed by atoms with Crippen LogP contribution in [0.4, 0.5) is 0 Å². The van der Waals surface area contributed by atoms with Crippen LogP contribution in [0.3, 0.4) is 0 Å². The number of rotatable bonds is 2. The van der Waals surface area contributed by atoms with Gasteiger partial charge in [0.2, 0.25) is 0 Å². The lowest BCUT2D eigenvalue weighted by Crippen LogP contribution is -2.13. The van der Waals surface area contributed by atoms with E-state index in [9.17, 15) is 9.90 Å². The number of benzene rings is 1. The van der Waals surface area contributed by atoms with Crippen LogP contribution in [0.1, 0.15) is 43.6 Å². The highest BCUT2D eigenvalue weighted by atomic mass is 16.5. The molecule has 0 spiro atoms. The number of ether oxygens (including phenoxy) is 1. The Morgan fingerprint density at radius 2 is 1.88 bits per heavy atom. The van der Waals surface area contributed by atoms with Gasteiger partial charge in [0.05, 0.1) is 7.11 Å². The molecule has 0 saturated heterocycles. The number of phenolic OH excluding ortho intramolecular Hbond substituents is 1. The first-order valence-electron chi connectivity index (χ1n) is 5.19. The van der Waals surface area contributed by atoms with Crippen LogP contribution in [-0.4, -0.2) is 18.0 Å². The molecule has 0 radical (unpaired) electrons. The zero-order valence-electron chi connectivity index (χ0n) is 10.4. The SMILES string of the molecule is COc1cc(C(C)=O)cc(C(C)(C)C)c1O. The molecule has 0 aliphatic carbocycles. The van der Waals surface area contributed by atoms with Crippen molar-refractivity contribution < 1.29 is 14.6 Å². The lowest BCUT2D eigenvalue weighted by molar-refractivity contribution is 0.101. The minimum Gasteiger partial charge on any atom is -0.504 e. The highest BCUT2D eigenvalue weighted by molar-refractivity contribution is 5.95. The zero-order chi connectivity index (χ0) is 12.5. The molecule has 0 unspecified atom stereocenters. The van der Waals surface area contributed by atoms with Crippen molar-refractivity contribution in [1.29, 1.82) is 0 Å². The van der Waals surface area contributed by atoms with Crippen LogP contribution < -0.4 is 4.74 Å². The number of methoxy groups -OCH3 is 1. The summed E-state index contributed by atoms with van der Waals surface area (Å²) in [4.78, 5) is 11.4. The molecule has 1 aromatic rings. The topological polar surface area (TPSA) is 46.5 Å². The fourth-order valence-electron chi connectivity index (χ4n) is 1.54. The van der Waals surface area contributed by atoms with Crippen LogP contribution in [0.25, 0.3) is 0 Å². The Hall–Kier alpha value is -1.51. The lowest BCUT2D eigenvalue weighted by Gasteiger charge is -2.22. The Labute approximate surface area is 96.1 Å². The first-order valence-corrected chi connectivity index (χ1v) is 5.19. The first-order chi connectivity index (χ1) is 7.27. The average Bonchev–Trinajstić information content (AvgIpc) is 2.15. The third-order valence-electron chi connectivity index (χ3n) is 2.51. The van der Waals surface area contributed by atoms with Gasteiger partial charge in [0.1, 0.15) is 0 Å². The monoisotopic (exact) mass is 222 g/mol. The van der Waals surface area contributed by atoms with Crippen molar-refractivity contribution >= 4 is 5.78 Å². The predicted molar refractivity (Wildman–Crippen MR) is 63.4 cm³/mol. The molecule has 0 aliphatic rings. The number of Topliss-reactive ketones (excluding diaryl/α,β-unsaturated/α-hetero) is 1. The van der Waals surface area contributed by atoms with Gasteiger partial charge in [-0.15, -0.1) is 0 Å². The lowest BCUT2D eigenvalue weighted by atomic mass is 9.84. The summed E-state index contributed by atoms with van der Waals surface area (Å²) in [5, 5.41) is 9.99. The van der Waals surface area contributed by atoms with Gasteiger partial charge in [-0.3, -0.25) is 4.79 Å². The minimum atomic E-state index is -0.233. The van der Waals surface area contributed by atoms with Crippen molar-refractivity contribution in [2.45, 2.75) is 33.1 Å². The van der Waals surface area contributed by atoms with Gasteiger partial charge in [0.15, 0.2) is 17.3 Å². The number of phenols is 1. The molecule has 0 bridgehead atoms. The van der Waals surface area contributed by atoms with Crippen LogP contribution in [0, 0.1) is 0 Å². The van der Waals surface area contributed by atoms with E-state index in [1.54, 1.807) is 12.1 Å². The largest absolute Gasteiger partial charge is 0.504 e. The Morgan fingerprint density at radius 3 is 2.25 bits per heavy atom.